The molecule has 2 N–H and O–H groups in total. The van der Waals surface area contributed by atoms with E-state index in [9.17, 15) is 14.4 Å². The first-order chi connectivity index (χ1) is 11.7. The Hall–Kier alpha value is -1.71. The number of hydrogen-bond acceptors (Lipinski definition) is 7. The molecule has 2 rings (SSSR count). The summed E-state index contributed by atoms with van der Waals surface area (Å²) in [5.74, 6) is -1.67. The molecule has 2 fully saturated rings. The predicted octanol–water partition coefficient (Wildman–Crippen LogP) is -0.282. The molecule has 0 unspecified atom stereocenters. The van der Waals surface area contributed by atoms with Crippen LogP contribution in [0.25, 0.3) is 0 Å². The van der Waals surface area contributed by atoms with Gasteiger partial charge in [0.15, 0.2) is 0 Å². The van der Waals surface area contributed by atoms with Gasteiger partial charge in [0.25, 0.3) is 0 Å². The Labute approximate surface area is 145 Å². The van der Waals surface area contributed by atoms with Crippen molar-refractivity contribution in [3.05, 3.63) is 0 Å². The van der Waals surface area contributed by atoms with Crippen molar-refractivity contribution in [3.8, 4) is 0 Å². The van der Waals surface area contributed by atoms with Gasteiger partial charge < -0.3 is 29.4 Å². The van der Waals surface area contributed by atoms with Crippen LogP contribution in [-0.4, -0.2) is 74.2 Å². The summed E-state index contributed by atoms with van der Waals surface area (Å²) in [5, 5.41) is 11.7. The molecule has 9 heteroatoms. The minimum atomic E-state index is -0.938. The summed E-state index contributed by atoms with van der Waals surface area (Å²) in [6.45, 7) is 3.83. The normalized spacial score (nSPS) is 28.4. The summed E-state index contributed by atoms with van der Waals surface area (Å²) in [6.07, 6.45) is -1.10. The number of carbonyl (C=O) groups excluding carboxylic acids is 2. The van der Waals surface area contributed by atoms with Gasteiger partial charge in [-0.2, -0.15) is 0 Å². The lowest BCUT2D eigenvalue weighted by Gasteiger charge is -2.24. The van der Waals surface area contributed by atoms with Crippen molar-refractivity contribution >= 4 is 17.8 Å². The predicted molar refractivity (Wildman–Crippen MR) is 83.8 cm³/mol. The highest BCUT2D eigenvalue weighted by molar-refractivity contribution is 5.78. The highest BCUT2D eigenvalue weighted by Crippen LogP contribution is 2.30. The number of carboxylic acid groups (broad SMARTS) is 1. The number of carboxylic acids is 1. The molecule has 2 aliphatic rings. The third-order valence-corrected chi connectivity index (χ3v) is 4.27. The van der Waals surface area contributed by atoms with Gasteiger partial charge in [-0.1, -0.05) is 13.8 Å². The molecule has 0 aliphatic carbocycles. The average molecular weight is 359 g/mol. The van der Waals surface area contributed by atoms with E-state index in [-0.39, 0.29) is 56.8 Å². The lowest BCUT2D eigenvalue weighted by atomic mass is 9.85. The van der Waals surface area contributed by atoms with Crippen LogP contribution in [-0.2, 0) is 33.3 Å². The van der Waals surface area contributed by atoms with E-state index in [1.165, 1.54) is 7.11 Å². The number of fused-ring (bicyclic) bond motifs is 1. The second kappa shape index (κ2) is 8.11. The standard InChI is InChI=1S/C16H25NO8/c1-16(2,5-12(19)20)4-11(18)17-9-6-24-15-10(7-25-14(9)15)23-8-13(21)22-3/h9-10,14-15H,4-8H2,1-3H3,(H,17,18)(H,19,20)/t9-,10+,14+,15+/m0/s1. The molecule has 0 radical (unpaired) electrons. The molecule has 1 amide bonds. The van der Waals surface area contributed by atoms with E-state index >= 15 is 0 Å². The van der Waals surface area contributed by atoms with Gasteiger partial charge in [0, 0.05) is 6.42 Å². The second-order valence-electron chi connectivity index (χ2n) is 7.11. The van der Waals surface area contributed by atoms with Crippen molar-refractivity contribution in [2.24, 2.45) is 5.41 Å². The molecule has 142 valence electrons. The number of aliphatic carboxylic acids is 1. The van der Waals surface area contributed by atoms with Crippen LogP contribution in [0.2, 0.25) is 0 Å². The monoisotopic (exact) mass is 359 g/mol. The Balaban J connectivity index is 1.82. The largest absolute Gasteiger partial charge is 0.481 e. The molecule has 0 saturated carbocycles. The molecule has 0 bridgehead atoms. The Bertz CT molecular complexity index is 520. The van der Waals surface area contributed by atoms with Gasteiger partial charge in [0.1, 0.15) is 24.9 Å². The van der Waals surface area contributed by atoms with Gasteiger partial charge in [-0.15, -0.1) is 0 Å². The van der Waals surface area contributed by atoms with Crippen molar-refractivity contribution in [3.63, 3.8) is 0 Å². The van der Waals surface area contributed by atoms with E-state index in [0.29, 0.717) is 0 Å². The molecular formula is C16H25NO8. The van der Waals surface area contributed by atoms with E-state index in [1.807, 2.05) is 0 Å². The molecule has 9 nitrogen and oxygen atoms in total. The number of amides is 1. The maximum absolute atomic E-state index is 12.2. The van der Waals surface area contributed by atoms with Crippen LogP contribution < -0.4 is 5.32 Å². The number of rotatable bonds is 8. The smallest absolute Gasteiger partial charge is 0.331 e. The summed E-state index contributed by atoms with van der Waals surface area (Å²) >= 11 is 0. The molecule has 0 spiro atoms. The van der Waals surface area contributed by atoms with Gasteiger partial charge in [-0.25, -0.2) is 4.79 Å². The number of hydrogen-bond donors (Lipinski definition) is 2. The lowest BCUT2D eigenvalue weighted by molar-refractivity contribution is -0.150. The van der Waals surface area contributed by atoms with E-state index < -0.39 is 23.5 Å². The third kappa shape index (κ3) is 5.38. The van der Waals surface area contributed by atoms with Crippen molar-refractivity contribution < 1.29 is 38.4 Å². The fraction of sp³-hybridized carbons (Fsp3) is 0.812. The van der Waals surface area contributed by atoms with E-state index in [1.54, 1.807) is 13.8 Å². The topological polar surface area (TPSA) is 120 Å². The Kier molecular flexibility index (Phi) is 6.36. The Morgan fingerprint density at radius 2 is 1.84 bits per heavy atom. The van der Waals surface area contributed by atoms with Gasteiger partial charge in [-0.3, -0.25) is 9.59 Å². The first-order valence-electron chi connectivity index (χ1n) is 8.14. The van der Waals surface area contributed by atoms with E-state index in [0.717, 1.165) is 0 Å². The fourth-order valence-corrected chi connectivity index (χ4v) is 3.13. The number of ether oxygens (including phenoxy) is 4. The highest BCUT2D eigenvalue weighted by atomic mass is 16.6. The highest BCUT2D eigenvalue weighted by Gasteiger charge is 2.49. The van der Waals surface area contributed by atoms with Crippen LogP contribution >= 0.6 is 0 Å². The number of nitrogens with one attached hydrogen (secondary N) is 1. The minimum absolute atomic E-state index is 0.0897. The molecular weight excluding hydrogens is 334 g/mol. The van der Waals surface area contributed by atoms with E-state index in [2.05, 4.69) is 10.1 Å². The number of esters is 1. The van der Waals surface area contributed by atoms with Crippen molar-refractivity contribution in [2.45, 2.75) is 51.0 Å². The van der Waals surface area contributed by atoms with Gasteiger partial charge in [-0.05, 0) is 5.41 Å². The van der Waals surface area contributed by atoms with Crippen LogP contribution in [0.5, 0.6) is 0 Å². The summed E-state index contributed by atoms with van der Waals surface area (Å²) in [5.41, 5.74) is -0.641. The lowest BCUT2D eigenvalue weighted by Crippen LogP contribution is -2.45. The number of carbonyl (C=O) groups is 3. The Morgan fingerprint density at radius 1 is 1.16 bits per heavy atom. The summed E-state index contributed by atoms with van der Waals surface area (Å²) in [7, 11) is 1.28. The van der Waals surface area contributed by atoms with Crippen molar-refractivity contribution in [1.82, 2.24) is 5.32 Å². The average Bonchev–Trinajstić information content (AvgIpc) is 3.06. The molecule has 0 aromatic carbocycles. The molecule has 2 saturated heterocycles. The molecule has 2 aliphatic heterocycles. The third-order valence-electron chi connectivity index (χ3n) is 4.27. The quantitative estimate of drug-likeness (QED) is 0.568. The minimum Gasteiger partial charge on any atom is -0.481 e. The first-order valence-corrected chi connectivity index (χ1v) is 8.14. The summed E-state index contributed by atoms with van der Waals surface area (Å²) < 4.78 is 21.3. The maximum Gasteiger partial charge on any atom is 0.331 e. The molecule has 25 heavy (non-hydrogen) atoms. The van der Waals surface area contributed by atoms with Crippen LogP contribution in [0.4, 0.5) is 0 Å². The van der Waals surface area contributed by atoms with Crippen molar-refractivity contribution in [2.75, 3.05) is 26.9 Å². The zero-order valence-electron chi connectivity index (χ0n) is 14.6. The van der Waals surface area contributed by atoms with E-state index in [4.69, 9.17) is 19.3 Å². The molecule has 2 heterocycles. The zero-order valence-corrected chi connectivity index (χ0v) is 14.6. The van der Waals surface area contributed by atoms with Gasteiger partial charge >= 0.3 is 11.9 Å². The van der Waals surface area contributed by atoms with Crippen LogP contribution in [0.3, 0.4) is 0 Å². The second-order valence-corrected chi connectivity index (χ2v) is 7.11. The number of methoxy groups -OCH3 is 1. The molecule has 4 atom stereocenters. The summed E-state index contributed by atoms with van der Waals surface area (Å²) in [6, 6.07) is -0.329. The Morgan fingerprint density at radius 3 is 2.48 bits per heavy atom. The van der Waals surface area contributed by atoms with Gasteiger partial charge in [0.05, 0.1) is 32.8 Å². The summed E-state index contributed by atoms with van der Waals surface area (Å²) in [4.78, 5) is 34.2. The molecule has 0 aromatic rings. The van der Waals surface area contributed by atoms with Crippen molar-refractivity contribution in [1.29, 1.82) is 0 Å². The first kappa shape index (κ1) is 19.6. The van der Waals surface area contributed by atoms with Crippen LogP contribution in [0.15, 0.2) is 0 Å². The van der Waals surface area contributed by atoms with Crippen LogP contribution in [0.1, 0.15) is 26.7 Å². The van der Waals surface area contributed by atoms with Gasteiger partial charge in [0.2, 0.25) is 5.91 Å². The maximum atomic E-state index is 12.2. The zero-order chi connectivity index (χ0) is 18.6. The SMILES string of the molecule is COC(=O)CO[C@@H]1CO[C@H]2[C@@H]1OC[C@@H]2NC(=O)CC(C)(C)CC(=O)O. The molecule has 0 aromatic heterocycles. The fourth-order valence-electron chi connectivity index (χ4n) is 3.13. The van der Waals surface area contributed by atoms with Crippen LogP contribution in [0, 0.1) is 5.41 Å².